The largest absolute Gasteiger partial charge is 0.379 e. The quantitative estimate of drug-likeness (QED) is 0.790. The monoisotopic (exact) mass is 422 g/mol. The van der Waals surface area contributed by atoms with Crippen LogP contribution in [0, 0.1) is 0 Å². The van der Waals surface area contributed by atoms with Crippen LogP contribution < -0.4 is 5.32 Å². The Morgan fingerprint density at radius 2 is 1.96 bits per heavy atom. The number of carbonyl (C=O) groups excluding carboxylic acids is 1. The average molecular weight is 423 g/mol. The Labute approximate surface area is 173 Å². The van der Waals surface area contributed by atoms with Gasteiger partial charge in [0.15, 0.2) is 0 Å². The van der Waals surface area contributed by atoms with Gasteiger partial charge in [0.1, 0.15) is 0 Å². The Hall–Kier alpha value is -1.05. The minimum atomic E-state index is 0.0183. The predicted molar refractivity (Wildman–Crippen MR) is 114 cm³/mol. The summed E-state index contributed by atoms with van der Waals surface area (Å²) in [5, 5.41) is 3.93. The summed E-state index contributed by atoms with van der Waals surface area (Å²) in [5.41, 5.74) is 1.15. The van der Waals surface area contributed by atoms with E-state index in [9.17, 15) is 4.79 Å². The summed E-state index contributed by atoms with van der Waals surface area (Å²) in [6.45, 7) is 4.19. The molecule has 27 heavy (non-hydrogen) atoms. The van der Waals surface area contributed by atoms with E-state index in [0.29, 0.717) is 6.54 Å². The molecule has 4 nitrogen and oxygen atoms in total. The molecule has 4 rings (SSSR count). The summed E-state index contributed by atoms with van der Waals surface area (Å²) in [7, 11) is 0. The Morgan fingerprint density at radius 1 is 1.19 bits per heavy atom. The van der Waals surface area contributed by atoms with Crippen molar-refractivity contribution in [1.29, 1.82) is 0 Å². The Balaban J connectivity index is 1.42. The topological polar surface area (TPSA) is 41.6 Å². The van der Waals surface area contributed by atoms with Crippen molar-refractivity contribution in [3.63, 3.8) is 0 Å². The molecule has 144 valence electrons. The fourth-order valence-corrected chi connectivity index (χ4v) is 6.23. The zero-order valence-corrected chi connectivity index (χ0v) is 17.5. The number of hydrogen-bond donors (Lipinski definition) is 1. The molecule has 2 aromatic rings. The van der Waals surface area contributed by atoms with Crippen molar-refractivity contribution in [2.45, 2.75) is 12.0 Å². The van der Waals surface area contributed by atoms with Crippen molar-refractivity contribution in [3.05, 3.63) is 46.3 Å². The number of thioether (sulfide) groups is 1. The Morgan fingerprint density at radius 3 is 2.67 bits per heavy atom. The van der Waals surface area contributed by atoms with Crippen molar-refractivity contribution >= 4 is 40.6 Å². The highest BCUT2D eigenvalue weighted by atomic mass is 35.5. The normalized spacial score (nSPS) is 23.4. The second-order valence-corrected chi connectivity index (χ2v) is 9.61. The molecule has 1 aromatic carbocycles. The van der Waals surface area contributed by atoms with Crippen LogP contribution in [0.2, 0.25) is 5.02 Å². The fraction of sp³-hybridized carbons (Fsp3) is 0.450. The van der Waals surface area contributed by atoms with Gasteiger partial charge in [-0.15, -0.1) is 11.3 Å². The van der Waals surface area contributed by atoms with Crippen LogP contribution in [0.3, 0.4) is 0 Å². The van der Waals surface area contributed by atoms with Gasteiger partial charge in [-0.3, -0.25) is 9.69 Å². The molecule has 2 aliphatic rings. The van der Waals surface area contributed by atoms with Gasteiger partial charge in [0.25, 0.3) is 5.91 Å². The summed E-state index contributed by atoms with van der Waals surface area (Å²) in [5.74, 6) is 2.26. The van der Waals surface area contributed by atoms with Crippen LogP contribution in [-0.4, -0.2) is 60.7 Å². The molecule has 1 aromatic heterocycles. The molecule has 2 saturated heterocycles. The van der Waals surface area contributed by atoms with E-state index in [1.165, 1.54) is 11.3 Å². The van der Waals surface area contributed by atoms with Gasteiger partial charge < -0.3 is 10.1 Å². The van der Waals surface area contributed by atoms with E-state index in [2.05, 4.69) is 10.2 Å². The minimum absolute atomic E-state index is 0.0183. The average Bonchev–Trinajstić information content (AvgIpc) is 3.38. The highest BCUT2D eigenvalue weighted by Crippen LogP contribution is 2.34. The van der Waals surface area contributed by atoms with E-state index in [0.717, 1.165) is 64.6 Å². The van der Waals surface area contributed by atoms with Gasteiger partial charge in [-0.25, -0.2) is 0 Å². The first kappa shape index (κ1) is 19.3. The lowest BCUT2D eigenvalue weighted by Crippen LogP contribution is -2.59. The lowest BCUT2D eigenvalue weighted by atomic mass is 9.95. The molecular weight excluding hydrogens is 400 g/mol. The SMILES string of the molecule is O=C(NCC1(N2CCOCC2)CCSC1)c1ccc(-c2ccc(Cl)cc2)s1. The van der Waals surface area contributed by atoms with E-state index in [1.807, 2.05) is 48.2 Å². The molecule has 3 heterocycles. The van der Waals surface area contributed by atoms with Crippen molar-refractivity contribution in [2.75, 3.05) is 44.4 Å². The number of nitrogens with zero attached hydrogens (tertiary/aromatic N) is 1. The van der Waals surface area contributed by atoms with E-state index in [4.69, 9.17) is 16.3 Å². The molecule has 0 spiro atoms. The molecule has 0 aliphatic carbocycles. The van der Waals surface area contributed by atoms with Crippen LogP contribution in [-0.2, 0) is 4.74 Å². The number of morpholine rings is 1. The minimum Gasteiger partial charge on any atom is -0.379 e. The number of rotatable bonds is 5. The highest BCUT2D eigenvalue weighted by Gasteiger charge is 2.40. The second-order valence-electron chi connectivity index (χ2n) is 6.98. The standard InChI is InChI=1S/C20H23ClN2O2S2/c21-16-3-1-15(2-4-16)17-5-6-18(27-17)19(24)22-13-20(7-12-26-14-20)23-8-10-25-11-9-23/h1-6H,7-14H2,(H,22,24). The molecule has 0 radical (unpaired) electrons. The molecule has 0 saturated carbocycles. The molecule has 1 atom stereocenters. The maximum Gasteiger partial charge on any atom is 0.261 e. The van der Waals surface area contributed by atoms with Gasteiger partial charge >= 0.3 is 0 Å². The van der Waals surface area contributed by atoms with Gasteiger partial charge in [0.05, 0.1) is 18.1 Å². The maximum absolute atomic E-state index is 12.8. The number of hydrogen-bond acceptors (Lipinski definition) is 5. The molecule has 0 bridgehead atoms. The third-order valence-corrected chi connectivity index (χ3v) is 7.92. The first-order valence-electron chi connectivity index (χ1n) is 9.21. The molecule has 7 heteroatoms. The van der Waals surface area contributed by atoms with Gasteiger partial charge in [0.2, 0.25) is 0 Å². The van der Waals surface area contributed by atoms with Crippen molar-refractivity contribution in [1.82, 2.24) is 10.2 Å². The molecule has 1 unspecified atom stereocenters. The molecule has 1 amide bonds. The van der Waals surface area contributed by atoms with E-state index < -0.39 is 0 Å². The maximum atomic E-state index is 12.8. The smallest absolute Gasteiger partial charge is 0.261 e. The molecule has 2 fully saturated rings. The molecular formula is C20H23ClN2O2S2. The Bertz CT molecular complexity index is 782. The molecule has 2 aliphatic heterocycles. The summed E-state index contributed by atoms with van der Waals surface area (Å²) >= 11 is 9.47. The number of amides is 1. The summed E-state index contributed by atoms with van der Waals surface area (Å²) in [6.07, 6.45) is 1.12. The third-order valence-electron chi connectivity index (χ3n) is 5.30. The highest BCUT2D eigenvalue weighted by molar-refractivity contribution is 7.99. The van der Waals surface area contributed by atoms with Crippen LogP contribution in [0.1, 0.15) is 16.1 Å². The van der Waals surface area contributed by atoms with Gasteiger partial charge in [-0.2, -0.15) is 11.8 Å². The first-order valence-corrected chi connectivity index (χ1v) is 11.6. The fourth-order valence-electron chi connectivity index (χ4n) is 3.70. The number of ether oxygens (including phenoxy) is 1. The number of thiophene rings is 1. The van der Waals surface area contributed by atoms with Crippen LogP contribution in [0.25, 0.3) is 10.4 Å². The van der Waals surface area contributed by atoms with Crippen LogP contribution in [0.5, 0.6) is 0 Å². The van der Waals surface area contributed by atoms with Gasteiger partial charge in [-0.1, -0.05) is 23.7 Å². The van der Waals surface area contributed by atoms with Crippen molar-refractivity contribution in [3.8, 4) is 10.4 Å². The molecule has 1 N–H and O–H groups in total. The van der Waals surface area contributed by atoms with Crippen molar-refractivity contribution in [2.24, 2.45) is 0 Å². The zero-order chi connectivity index (χ0) is 18.7. The summed E-state index contributed by atoms with van der Waals surface area (Å²) in [4.78, 5) is 17.1. The van der Waals surface area contributed by atoms with Gasteiger partial charge in [-0.05, 0) is 42.0 Å². The summed E-state index contributed by atoms with van der Waals surface area (Å²) < 4.78 is 5.51. The lowest BCUT2D eigenvalue weighted by Gasteiger charge is -2.43. The van der Waals surface area contributed by atoms with Gasteiger partial charge in [0, 0.05) is 40.8 Å². The number of halogens is 1. The van der Waals surface area contributed by atoms with Crippen molar-refractivity contribution < 1.29 is 9.53 Å². The van der Waals surface area contributed by atoms with E-state index >= 15 is 0 Å². The van der Waals surface area contributed by atoms with Crippen LogP contribution in [0.4, 0.5) is 0 Å². The number of carbonyl (C=O) groups is 1. The first-order chi connectivity index (χ1) is 13.2. The summed E-state index contributed by atoms with van der Waals surface area (Å²) in [6, 6.07) is 11.6. The van der Waals surface area contributed by atoms with Crippen LogP contribution >= 0.6 is 34.7 Å². The number of nitrogens with one attached hydrogen (secondary N) is 1. The zero-order valence-electron chi connectivity index (χ0n) is 15.1. The lowest BCUT2D eigenvalue weighted by molar-refractivity contribution is -0.0129. The number of benzene rings is 1. The van der Waals surface area contributed by atoms with E-state index in [-0.39, 0.29) is 11.4 Å². The third kappa shape index (κ3) is 4.35. The van der Waals surface area contributed by atoms with Crippen LogP contribution in [0.15, 0.2) is 36.4 Å². The second kappa shape index (κ2) is 8.53. The predicted octanol–water partition coefficient (Wildman–Crippen LogP) is 4.01. The van der Waals surface area contributed by atoms with E-state index in [1.54, 1.807) is 0 Å². The Kier molecular flexibility index (Phi) is 6.09.